The third-order valence-electron chi connectivity index (χ3n) is 1.70. The topological polar surface area (TPSA) is 32.3 Å². The Kier molecular flexibility index (Phi) is 1.86. The monoisotopic (exact) mass is 115 g/mol. The molecule has 2 heteroatoms. The van der Waals surface area contributed by atoms with Crippen molar-refractivity contribution in [2.24, 2.45) is 5.92 Å². The molecule has 0 aromatic rings. The van der Waals surface area contributed by atoms with Gasteiger partial charge in [-0.25, -0.2) is 0 Å². The van der Waals surface area contributed by atoms with Crippen molar-refractivity contribution >= 4 is 0 Å². The van der Waals surface area contributed by atoms with E-state index >= 15 is 0 Å². The maximum absolute atomic E-state index is 8.64. The van der Waals surface area contributed by atoms with Crippen LogP contribution in [0.15, 0.2) is 0 Å². The number of hydrogen-bond donors (Lipinski definition) is 2. The van der Waals surface area contributed by atoms with E-state index in [4.69, 9.17) is 5.11 Å². The number of nitrogens with one attached hydrogen (secondary N) is 1. The lowest BCUT2D eigenvalue weighted by Gasteiger charge is -1.99. The number of aliphatic hydroxyl groups excluding tert-OH is 1. The minimum absolute atomic E-state index is 0.345. The molecule has 0 amide bonds. The molecule has 8 heavy (non-hydrogen) atoms. The van der Waals surface area contributed by atoms with E-state index in [2.05, 4.69) is 12.2 Å². The molecule has 2 N–H and O–H groups in total. The second-order valence-electron chi connectivity index (χ2n) is 2.59. The molecular formula is C6H13NO. The zero-order valence-electron chi connectivity index (χ0n) is 5.22. The molecule has 1 saturated heterocycles. The van der Waals surface area contributed by atoms with E-state index in [1.807, 2.05) is 0 Å². The second kappa shape index (κ2) is 2.46. The van der Waals surface area contributed by atoms with Crippen LogP contribution in [0.25, 0.3) is 0 Å². The summed E-state index contributed by atoms with van der Waals surface area (Å²) in [5.41, 5.74) is 0. The Morgan fingerprint density at radius 1 is 1.75 bits per heavy atom. The van der Waals surface area contributed by atoms with Gasteiger partial charge in [-0.3, -0.25) is 0 Å². The van der Waals surface area contributed by atoms with Crippen molar-refractivity contribution in [2.75, 3.05) is 13.2 Å². The summed E-state index contributed by atoms with van der Waals surface area (Å²) in [5.74, 6) is 0.519. The Labute approximate surface area is 49.9 Å². The summed E-state index contributed by atoms with van der Waals surface area (Å²) in [6.45, 7) is 3.49. The molecule has 1 rings (SSSR count). The molecule has 0 aromatic carbocycles. The Morgan fingerprint density at radius 3 is 2.75 bits per heavy atom. The largest absolute Gasteiger partial charge is 0.396 e. The van der Waals surface area contributed by atoms with Gasteiger partial charge < -0.3 is 10.4 Å². The van der Waals surface area contributed by atoms with Crippen molar-refractivity contribution in [2.45, 2.75) is 19.4 Å². The molecule has 0 aliphatic carbocycles. The van der Waals surface area contributed by atoms with Crippen molar-refractivity contribution in [3.05, 3.63) is 0 Å². The molecule has 0 aromatic heterocycles. The van der Waals surface area contributed by atoms with Crippen LogP contribution in [0.1, 0.15) is 13.3 Å². The third kappa shape index (κ3) is 1.20. The average molecular weight is 115 g/mol. The Hall–Kier alpha value is -0.0800. The zero-order valence-corrected chi connectivity index (χ0v) is 5.22. The van der Waals surface area contributed by atoms with Gasteiger partial charge in [0, 0.05) is 19.2 Å². The highest BCUT2D eigenvalue weighted by molar-refractivity contribution is 4.76. The molecule has 48 valence electrons. The third-order valence-corrected chi connectivity index (χ3v) is 1.70. The Morgan fingerprint density at radius 2 is 2.50 bits per heavy atom. The first-order valence-corrected chi connectivity index (χ1v) is 3.17. The molecule has 2 nitrogen and oxygen atoms in total. The van der Waals surface area contributed by atoms with Crippen LogP contribution in [0.4, 0.5) is 0 Å². The minimum Gasteiger partial charge on any atom is -0.396 e. The predicted octanol–water partition coefficient (Wildman–Crippen LogP) is -0.0233. The first-order valence-electron chi connectivity index (χ1n) is 3.17. The van der Waals surface area contributed by atoms with Gasteiger partial charge in [0.1, 0.15) is 0 Å². The Bertz CT molecular complexity index is 74.9. The fourth-order valence-electron chi connectivity index (χ4n) is 1.17. The van der Waals surface area contributed by atoms with E-state index < -0.39 is 0 Å². The van der Waals surface area contributed by atoms with Gasteiger partial charge >= 0.3 is 0 Å². The summed E-state index contributed by atoms with van der Waals surface area (Å²) < 4.78 is 0. The highest BCUT2D eigenvalue weighted by atomic mass is 16.3. The van der Waals surface area contributed by atoms with Gasteiger partial charge in [-0.2, -0.15) is 0 Å². The van der Waals surface area contributed by atoms with Gasteiger partial charge in [-0.05, 0) is 19.3 Å². The lowest BCUT2D eigenvalue weighted by molar-refractivity contribution is 0.236. The van der Waals surface area contributed by atoms with Crippen LogP contribution in [0.3, 0.4) is 0 Å². The molecule has 1 heterocycles. The summed E-state index contributed by atoms with van der Waals surface area (Å²) in [7, 11) is 0. The highest BCUT2D eigenvalue weighted by Crippen LogP contribution is 2.11. The molecule has 0 bridgehead atoms. The number of rotatable bonds is 1. The zero-order chi connectivity index (χ0) is 5.98. The van der Waals surface area contributed by atoms with E-state index in [0.29, 0.717) is 18.6 Å². The van der Waals surface area contributed by atoms with Crippen LogP contribution in [-0.4, -0.2) is 24.3 Å². The van der Waals surface area contributed by atoms with Crippen LogP contribution in [0.2, 0.25) is 0 Å². The van der Waals surface area contributed by atoms with Crippen LogP contribution in [0, 0.1) is 5.92 Å². The summed E-state index contributed by atoms with van der Waals surface area (Å²) in [6, 6.07) is 0.618. The molecule has 1 aliphatic rings. The predicted molar refractivity (Wildman–Crippen MR) is 32.7 cm³/mol. The smallest absolute Gasteiger partial charge is 0.0471 e. The van der Waals surface area contributed by atoms with Gasteiger partial charge in [0.25, 0.3) is 0 Å². The van der Waals surface area contributed by atoms with E-state index in [0.717, 1.165) is 13.0 Å². The summed E-state index contributed by atoms with van der Waals surface area (Å²) in [4.78, 5) is 0. The second-order valence-corrected chi connectivity index (χ2v) is 2.59. The maximum atomic E-state index is 8.64. The first kappa shape index (κ1) is 6.05. The summed E-state index contributed by atoms with van der Waals surface area (Å²) >= 11 is 0. The van der Waals surface area contributed by atoms with Crippen LogP contribution < -0.4 is 5.32 Å². The molecular weight excluding hydrogens is 102 g/mol. The Balaban J connectivity index is 2.22. The first-order chi connectivity index (χ1) is 3.83. The molecule has 0 saturated carbocycles. The number of hydrogen-bond acceptors (Lipinski definition) is 2. The van der Waals surface area contributed by atoms with Gasteiger partial charge in [-0.15, -0.1) is 0 Å². The van der Waals surface area contributed by atoms with Crippen LogP contribution >= 0.6 is 0 Å². The van der Waals surface area contributed by atoms with Gasteiger partial charge in [0.2, 0.25) is 0 Å². The van der Waals surface area contributed by atoms with Gasteiger partial charge in [0.15, 0.2) is 0 Å². The van der Waals surface area contributed by atoms with E-state index in [-0.39, 0.29) is 0 Å². The fourth-order valence-corrected chi connectivity index (χ4v) is 1.17. The van der Waals surface area contributed by atoms with Crippen molar-refractivity contribution in [1.82, 2.24) is 5.32 Å². The standard InChI is InChI=1S/C6H13NO/c1-5-2-6(4-8)3-7-5/h5-8H,2-4H2,1H3/t5-,6-/m1/s1. The van der Waals surface area contributed by atoms with Crippen molar-refractivity contribution in [1.29, 1.82) is 0 Å². The highest BCUT2D eigenvalue weighted by Gasteiger charge is 2.18. The van der Waals surface area contributed by atoms with E-state index in [1.165, 1.54) is 0 Å². The van der Waals surface area contributed by atoms with Gasteiger partial charge in [0.05, 0.1) is 0 Å². The molecule has 1 fully saturated rings. The lowest BCUT2D eigenvalue weighted by atomic mass is 10.1. The number of aliphatic hydroxyl groups is 1. The minimum atomic E-state index is 0.345. The van der Waals surface area contributed by atoms with Crippen molar-refractivity contribution in [3.63, 3.8) is 0 Å². The van der Waals surface area contributed by atoms with E-state index in [1.54, 1.807) is 0 Å². The lowest BCUT2D eigenvalue weighted by Crippen LogP contribution is -2.17. The van der Waals surface area contributed by atoms with E-state index in [9.17, 15) is 0 Å². The fraction of sp³-hybridized carbons (Fsp3) is 1.00. The normalized spacial score (nSPS) is 38.2. The molecule has 0 spiro atoms. The van der Waals surface area contributed by atoms with Crippen molar-refractivity contribution in [3.8, 4) is 0 Å². The molecule has 0 unspecified atom stereocenters. The van der Waals surface area contributed by atoms with Gasteiger partial charge in [-0.1, -0.05) is 0 Å². The summed E-state index contributed by atoms with van der Waals surface area (Å²) in [5, 5.41) is 11.9. The van der Waals surface area contributed by atoms with Crippen LogP contribution in [-0.2, 0) is 0 Å². The molecule has 1 aliphatic heterocycles. The van der Waals surface area contributed by atoms with Crippen molar-refractivity contribution < 1.29 is 5.11 Å². The summed E-state index contributed by atoms with van der Waals surface area (Å²) in [6.07, 6.45) is 1.14. The average Bonchev–Trinajstić information content (AvgIpc) is 2.14. The molecule has 2 atom stereocenters. The molecule has 0 radical (unpaired) electrons. The van der Waals surface area contributed by atoms with Crippen LogP contribution in [0.5, 0.6) is 0 Å². The maximum Gasteiger partial charge on any atom is 0.0471 e. The quantitative estimate of drug-likeness (QED) is 0.503. The SMILES string of the molecule is C[C@@H]1C[C@@H](CO)CN1.